The lowest BCUT2D eigenvalue weighted by Gasteiger charge is -2.13. The topological polar surface area (TPSA) is 63.8 Å². The van der Waals surface area contributed by atoms with E-state index in [9.17, 15) is 13.2 Å². The van der Waals surface area contributed by atoms with Crippen molar-refractivity contribution in [2.75, 3.05) is 11.1 Å². The number of nitrogens with two attached hydrogens (primary N) is 1. The van der Waals surface area contributed by atoms with Crippen LogP contribution in [0.5, 0.6) is 0 Å². The van der Waals surface area contributed by atoms with Gasteiger partial charge < -0.3 is 11.1 Å². The van der Waals surface area contributed by atoms with E-state index in [0.29, 0.717) is 23.5 Å². The highest BCUT2D eigenvalue weighted by Gasteiger charge is 2.30. The molecule has 0 aliphatic carbocycles. The summed E-state index contributed by atoms with van der Waals surface area (Å²) in [5.41, 5.74) is 7.36. The van der Waals surface area contributed by atoms with E-state index >= 15 is 0 Å². The Kier molecular flexibility index (Phi) is 5.80. The van der Waals surface area contributed by atoms with Gasteiger partial charge >= 0.3 is 6.18 Å². The Bertz CT molecular complexity index is 795. The van der Waals surface area contributed by atoms with Crippen LogP contribution in [0, 0.1) is 0 Å². The van der Waals surface area contributed by atoms with Crippen LogP contribution in [-0.4, -0.2) is 9.97 Å². The van der Waals surface area contributed by atoms with Crippen LogP contribution in [0.25, 0.3) is 0 Å². The molecule has 0 atom stereocenters. The summed E-state index contributed by atoms with van der Waals surface area (Å²) >= 11 is 0. The van der Waals surface area contributed by atoms with E-state index in [1.165, 1.54) is 12.3 Å². The number of hydrogen-bond acceptors (Lipinski definition) is 4. The van der Waals surface area contributed by atoms with Gasteiger partial charge in [-0.1, -0.05) is 24.3 Å². The highest BCUT2D eigenvalue weighted by atomic mass is 19.4. The fourth-order valence-electron chi connectivity index (χ4n) is 2.27. The van der Waals surface area contributed by atoms with Crippen molar-refractivity contribution in [3.8, 4) is 0 Å². The summed E-state index contributed by atoms with van der Waals surface area (Å²) in [5, 5.41) is 2.95. The molecule has 0 bridgehead atoms. The van der Waals surface area contributed by atoms with Crippen LogP contribution in [-0.2, 0) is 12.6 Å². The van der Waals surface area contributed by atoms with E-state index in [4.69, 9.17) is 5.73 Å². The number of benzene rings is 1. The molecule has 7 heteroatoms. The molecule has 0 fully saturated rings. The van der Waals surface area contributed by atoms with Gasteiger partial charge in [0.15, 0.2) is 0 Å². The Hall–Kier alpha value is -2.83. The minimum atomic E-state index is -4.40. The van der Waals surface area contributed by atoms with Crippen molar-refractivity contribution in [1.82, 2.24) is 9.97 Å². The molecule has 3 N–H and O–H groups in total. The average Bonchev–Trinajstić information content (AvgIpc) is 2.56. The van der Waals surface area contributed by atoms with Crippen molar-refractivity contribution in [3.05, 3.63) is 65.5 Å². The number of allylic oxidation sites excluding steroid dienone is 4. The zero-order valence-corrected chi connectivity index (χ0v) is 13.9. The monoisotopic (exact) mass is 348 g/mol. The van der Waals surface area contributed by atoms with Gasteiger partial charge in [0.2, 0.25) is 5.95 Å². The molecule has 25 heavy (non-hydrogen) atoms. The molecule has 0 radical (unpaired) electrons. The summed E-state index contributed by atoms with van der Waals surface area (Å²) < 4.78 is 38.6. The molecule has 0 spiro atoms. The standard InChI is InChI=1S/C18H19F3N4/c1-3-6-12(4-2)9-15-16(11-23-17(22)25-15)24-14-8-5-7-13(10-14)18(19,20)21/h3-8,10-11,24H,9H2,1-2H3,(H2,22,23,25)/b6-3-,12-4+. The smallest absolute Gasteiger partial charge is 0.368 e. The summed E-state index contributed by atoms with van der Waals surface area (Å²) in [6.45, 7) is 3.80. The van der Waals surface area contributed by atoms with Crippen molar-refractivity contribution in [2.24, 2.45) is 0 Å². The highest BCUT2D eigenvalue weighted by Crippen LogP contribution is 2.32. The number of hydrogen-bond donors (Lipinski definition) is 2. The lowest BCUT2D eigenvalue weighted by atomic mass is 10.1. The number of anilines is 3. The van der Waals surface area contributed by atoms with E-state index in [1.54, 1.807) is 6.07 Å². The van der Waals surface area contributed by atoms with Crippen LogP contribution < -0.4 is 11.1 Å². The summed E-state index contributed by atoms with van der Waals surface area (Å²) in [5.74, 6) is 0.112. The molecule has 2 aromatic rings. The molecule has 1 heterocycles. The minimum absolute atomic E-state index is 0.112. The Morgan fingerprint density at radius 3 is 2.68 bits per heavy atom. The van der Waals surface area contributed by atoms with Gasteiger partial charge in [-0.05, 0) is 37.6 Å². The Balaban J connectivity index is 2.34. The third-order valence-corrected chi connectivity index (χ3v) is 3.48. The summed E-state index contributed by atoms with van der Waals surface area (Å²) in [4.78, 5) is 8.15. The van der Waals surface area contributed by atoms with Crippen molar-refractivity contribution in [3.63, 3.8) is 0 Å². The van der Waals surface area contributed by atoms with Gasteiger partial charge in [0, 0.05) is 12.1 Å². The predicted molar refractivity (Wildman–Crippen MR) is 93.4 cm³/mol. The molecule has 0 aliphatic rings. The Labute approximate surface area is 144 Å². The largest absolute Gasteiger partial charge is 0.416 e. The molecule has 0 unspecified atom stereocenters. The van der Waals surface area contributed by atoms with Crippen LogP contribution in [0.4, 0.5) is 30.5 Å². The first kappa shape index (κ1) is 18.5. The molecule has 1 aromatic heterocycles. The van der Waals surface area contributed by atoms with Crippen LogP contribution in [0.1, 0.15) is 25.1 Å². The van der Waals surface area contributed by atoms with Gasteiger partial charge in [0.1, 0.15) is 0 Å². The third-order valence-electron chi connectivity index (χ3n) is 3.48. The van der Waals surface area contributed by atoms with Gasteiger partial charge in [-0.25, -0.2) is 9.97 Å². The molecular formula is C18H19F3N4. The van der Waals surface area contributed by atoms with E-state index in [2.05, 4.69) is 15.3 Å². The molecule has 132 valence electrons. The second kappa shape index (κ2) is 7.83. The molecule has 4 nitrogen and oxygen atoms in total. The van der Waals surface area contributed by atoms with Crippen LogP contribution in [0.15, 0.2) is 54.3 Å². The minimum Gasteiger partial charge on any atom is -0.368 e. The van der Waals surface area contributed by atoms with Gasteiger partial charge in [0.05, 0.1) is 23.1 Å². The van der Waals surface area contributed by atoms with Crippen molar-refractivity contribution < 1.29 is 13.2 Å². The molecule has 1 aromatic carbocycles. The maximum Gasteiger partial charge on any atom is 0.416 e. The fraction of sp³-hybridized carbons (Fsp3) is 0.222. The van der Waals surface area contributed by atoms with Gasteiger partial charge in [-0.2, -0.15) is 13.2 Å². The van der Waals surface area contributed by atoms with E-state index in [0.717, 1.165) is 17.7 Å². The van der Waals surface area contributed by atoms with E-state index in [1.807, 2.05) is 32.1 Å². The fourth-order valence-corrected chi connectivity index (χ4v) is 2.27. The first-order chi connectivity index (χ1) is 11.8. The zero-order valence-electron chi connectivity index (χ0n) is 13.9. The molecule has 0 saturated heterocycles. The average molecular weight is 348 g/mol. The quantitative estimate of drug-likeness (QED) is 0.756. The van der Waals surface area contributed by atoms with Crippen molar-refractivity contribution in [1.29, 1.82) is 0 Å². The first-order valence-electron chi connectivity index (χ1n) is 7.67. The highest BCUT2D eigenvalue weighted by molar-refractivity contribution is 5.63. The zero-order chi connectivity index (χ0) is 18.4. The number of nitrogens with zero attached hydrogens (tertiary/aromatic N) is 2. The van der Waals surface area contributed by atoms with E-state index < -0.39 is 11.7 Å². The molecule has 0 amide bonds. The van der Waals surface area contributed by atoms with Gasteiger partial charge in [-0.3, -0.25) is 0 Å². The van der Waals surface area contributed by atoms with E-state index in [-0.39, 0.29) is 5.95 Å². The molecule has 0 saturated carbocycles. The predicted octanol–water partition coefficient (Wildman–Crippen LogP) is 4.89. The Morgan fingerprint density at radius 1 is 1.28 bits per heavy atom. The van der Waals surface area contributed by atoms with Crippen LogP contribution >= 0.6 is 0 Å². The van der Waals surface area contributed by atoms with Crippen LogP contribution in [0.3, 0.4) is 0 Å². The van der Waals surface area contributed by atoms with Crippen LogP contribution in [0.2, 0.25) is 0 Å². The lowest BCUT2D eigenvalue weighted by molar-refractivity contribution is -0.137. The normalized spacial score (nSPS) is 12.6. The Morgan fingerprint density at radius 2 is 2.04 bits per heavy atom. The second-order valence-corrected chi connectivity index (χ2v) is 5.33. The summed E-state index contributed by atoms with van der Waals surface area (Å²) in [6.07, 6.45) is 3.33. The maximum absolute atomic E-state index is 12.9. The maximum atomic E-state index is 12.9. The number of rotatable bonds is 5. The third kappa shape index (κ3) is 5.07. The molecular weight excluding hydrogens is 329 g/mol. The summed E-state index contributed by atoms with van der Waals surface area (Å²) in [7, 11) is 0. The number of nitrogen functional groups attached to an aromatic ring is 1. The molecule has 2 rings (SSSR count). The second-order valence-electron chi connectivity index (χ2n) is 5.33. The number of halogens is 3. The summed E-state index contributed by atoms with van der Waals surface area (Å²) in [6, 6.07) is 4.97. The van der Waals surface area contributed by atoms with Gasteiger partial charge in [-0.15, -0.1) is 0 Å². The lowest BCUT2D eigenvalue weighted by Crippen LogP contribution is -2.07. The van der Waals surface area contributed by atoms with Crippen molar-refractivity contribution in [2.45, 2.75) is 26.4 Å². The SMILES string of the molecule is C/C=C\C(=C/C)Cc1nc(N)ncc1Nc1cccc(C(F)(F)F)c1. The van der Waals surface area contributed by atoms with Gasteiger partial charge in [0.25, 0.3) is 0 Å². The number of nitrogens with one attached hydrogen (secondary N) is 1. The molecule has 0 aliphatic heterocycles. The number of alkyl halides is 3. The number of aromatic nitrogens is 2. The van der Waals surface area contributed by atoms with Crippen molar-refractivity contribution >= 4 is 17.3 Å². The first-order valence-corrected chi connectivity index (χ1v) is 7.67.